The van der Waals surface area contributed by atoms with Crippen molar-refractivity contribution in [1.29, 1.82) is 0 Å². The molecule has 0 spiro atoms. The number of β-amino-alcohol motifs (C(OH)–C–C–N with tert-alkyl or cyclic N) is 1. The second-order valence-corrected chi connectivity index (χ2v) is 6.49. The highest BCUT2D eigenvalue weighted by molar-refractivity contribution is 6.30. The average Bonchev–Trinajstić information content (AvgIpc) is 2.40. The van der Waals surface area contributed by atoms with Crippen LogP contribution in [0.3, 0.4) is 0 Å². The summed E-state index contributed by atoms with van der Waals surface area (Å²) in [5.41, 5.74) is 0.744. The quantitative estimate of drug-likeness (QED) is 0.877. The SMILES string of the molecule is CNC(CCN1CCCC(C)(O)C1)c1ccc(Cl)cc1. The number of hydrogen-bond acceptors (Lipinski definition) is 3. The monoisotopic (exact) mass is 296 g/mol. The fourth-order valence-electron chi connectivity index (χ4n) is 3.00. The van der Waals surface area contributed by atoms with Gasteiger partial charge in [-0.1, -0.05) is 23.7 Å². The number of nitrogens with zero attached hydrogens (tertiary/aromatic N) is 1. The Morgan fingerprint density at radius 2 is 2.10 bits per heavy atom. The molecule has 2 atom stereocenters. The van der Waals surface area contributed by atoms with Crippen LogP contribution in [0.15, 0.2) is 24.3 Å². The molecule has 1 aromatic carbocycles. The number of hydrogen-bond donors (Lipinski definition) is 2. The standard InChI is InChI=1S/C16H25ClN2O/c1-16(20)9-3-10-19(12-16)11-8-15(18-2)13-4-6-14(17)7-5-13/h4-7,15,18,20H,3,8-12H2,1-2H3. The van der Waals surface area contributed by atoms with Gasteiger partial charge in [-0.2, -0.15) is 0 Å². The first-order valence-electron chi connectivity index (χ1n) is 7.38. The van der Waals surface area contributed by atoms with Crippen LogP contribution in [0, 0.1) is 0 Å². The van der Waals surface area contributed by atoms with E-state index in [0.29, 0.717) is 6.04 Å². The normalized spacial score (nSPS) is 25.6. The molecule has 0 saturated carbocycles. The van der Waals surface area contributed by atoms with Gasteiger partial charge in [0.15, 0.2) is 0 Å². The molecule has 20 heavy (non-hydrogen) atoms. The molecule has 1 aliphatic heterocycles. The van der Waals surface area contributed by atoms with E-state index in [0.717, 1.165) is 43.9 Å². The minimum absolute atomic E-state index is 0.333. The molecule has 112 valence electrons. The Hall–Kier alpha value is -0.610. The molecule has 2 N–H and O–H groups in total. The van der Waals surface area contributed by atoms with Crippen molar-refractivity contribution in [2.45, 2.75) is 37.8 Å². The van der Waals surface area contributed by atoms with E-state index >= 15 is 0 Å². The van der Waals surface area contributed by atoms with Gasteiger partial charge >= 0.3 is 0 Å². The third-order valence-electron chi connectivity index (χ3n) is 4.11. The van der Waals surface area contributed by atoms with Gasteiger partial charge in [0.05, 0.1) is 5.60 Å². The van der Waals surface area contributed by atoms with Crippen molar-refractivity contribution in [2.24, 2.45) is 0 Å². The molecule has 0 aliphatic carbocycles. The molecule has 2 rings (SSSR count). The van der Waals surface area contributed by atoms with Crippen molar-refractivity contribution in [3.63, 3.8) is 0 Å². The van der Waals surface area contributed by atoms with Crippen LogP contribution in [-0.4, -0.2) is 42.3 Å². The zero-order valence-corrected chi connectivity index (χ0v) is 13.2. The molecule has 4 heteroatoms. The van der Waals surface area contributed by atoms with Gasteiger partial charge in [0.1, 0.15) is 0 Å². The van der Waals surface area contributed by atoms with E-state index in [2.05, 4.69) is 22.3 Å². The van der Waals surface area contributed by atoms with Crippen LogP contribution in [0.2, 0.25) is 5.02 Å². The predicted octanol–water partition coefficient (Wildman–Crippen LogP) is 2.84. The van der Waals surface area contributed by atoms with Crippen LogP contribution >= 0.6 is 11.6 Å². The van der Waals surface area contributed by atoms with Crippen LogP contribution < -0.4 is 5.32 Å². The summed E-state index contributed by atoms with van der Waals surface area (Å²) >= 11 is 5.93. The molecule has 1 saturated heterocycles. The summed E-state index contributed by atoms with van der Waals surface area (Å²) in [5, 5.41) is 14.3. The Morgan fingerprint density at radius 1 is 1.40 bits per heavy atom. The Bertz CT molecular complexity index is 419. The molecule has 1 aliphatic rings. The lowest BCUT2D eigenvalue weighted by atomic mass is 9.94. The molecule has 1 fully saturated rings. The van der Waals surface area contributed by atoms with Gasteiger partial charge in [-0.25, -0.2) is 0 Å². The summed E-state index contributed by atoms with van der Waals surface area (Å²) in [7, 11) is 1.99. The van der Waals surface area contributed by atoms with Crippen LogP contribution in [-0.2, 0) is 0 Å². The van der Waals surface area contributed by atoms with Crippen molar-refractivity contribution in [3.8, 4) is 0 Å². The lowest BCUT2D eigenvalue weighted by Gasteiger charge is -2.37. The third kappa shape index (κ3) is 4.45. The summed E-state index contributed by atoms with van der Waals surface area (Å²) in [6, 6.07) is 8.37. The second-order valence-electron chi connectivity index (χ2n) is 6.06. The Labute approximate surface area is 126 Å². The minimum Gasteiger partial charge on any atom is -0.389 e. The Balaban J connectivity index is 1.89. The van der Waals surface area contributed by atoms with Crippen LogP contribution in [0.1, 0.15) is 37.8 Å². The fourth-order valence-corrected chi connectivity index (χ4v) is 3.12. The molecular weight excluding hydrogens is 272 g/mol. The van der Waals surface area contributed by atoms with E-state index in [1.54, 1.807) is 0 Å². The van der Waals surface area contributed by atoms with Gasteiger partial charge in [0.2, 0.25) is 0 Å². The Kier molecular flexibility index (Phi) is 5.44. The highest BCUT2D eigenvalue weighted by Crippen LogP contribution is 2.23. The van der Waals surface area contributed by atoms with Gasteiger partial charge < -0.3 is 15.3 Å². The smallest absolute Gasteiger partial charge is 0.0746 e. The van der Waals surface area contributed by atoms with Crippen molar-refractivity contribution in [1.82, 2.24) is 10.2 Å². The maximum atomic E-state index is 10.1. The molecule has 1 heterocycles. The number of likely N-dealkylation sites (tertiary alicyclic amines) is 1. The van der Waals surface area contributed by atoms with Gasteiger partial charge in [-0.3, -0.25) is 0 Å². The first-order valence-corrected chi connectivity index (χ1v) is 7.75. The summed E-state index contributed by atoms with van der Waals surface area (Å²) in [5.74, 6) is 0. The maximum absolute atomic E-state index is 10.1. The predicted molar refractivity (Wildman–Crippen MR) is 84.2 cm³/mol. The summed E-state index contributed by atoms with van der Waals surface area (Å²) in [4.78, 5) is 2.36. The van der Waals surface area contributed by atoms with Crippen molar-refractivity contribution >= 4 is 11.6 Å². The molecule has 2 unspecified atom stereocenters. The minimum atomic E-state index is -0.520. The molecule has 3 nitrogen and oxygen atoms in total. The second kappa shape index (κ2) is 6.90. The van der Waals surface area contributed by atoms with E-state index in [1.807, 2.05) is 26.1 Å². The van der Waals surface area contributed by atoms with Crippen LogP contribution in [0.4, 0.5) is 0 Å². The number of halogens is 1. The van der Waals surface area contributed by atoms with Gasteiger partial charge in [0.25, 0.3) is 0 Å². The highest BCUT2D eigenvalue weighted by Gasteiger charge is 2.28. The fraction of sp³-hybridized carbons (Fsp3) is 0.625. The van der Waals surface area contributed by atoms with E-state index < -0.39 is 5.60 Å². The van der Waals surface area contributed by atoms with E-state index in [1.165, 1.54) is 5.56 Å². The highest BCUT2D eigenvalue weighted by atomic mass is 35.5. The van der Waals surface area contributed by atoms with Crippen molar-refractivity contribution < 1.29 is 5.11 Å². The molecular formula is C16H25ClN2O. The molecule has 0 aromatic heterocycles. The molecule has 0 radical (unpaired) electrons. The van der Waals surface area contributed by atoms with Gasteiger partial charge in [-0.05, 0) is 57.5 Å². The Morgan fingerprint density at radius 3 is 2.70 bits per heavy atom. The zero-order chi connectivity index (χ0) is 14.6. The molecule has 0 bridgehead atoms. The average molecular weight is 297 g/mol. The molecule has 1 aromatic rings. The number of nitrogens with one attached hydrogen (secondary N) is 1. The van der Waals surface area contributed by atoms with Crippen molar-refractivity contribution in [3.05, 3.63) is 34.9 Å². The summed E-state index contributed by atoms with van der Waals surface area (Å²) in [6.45, 7) is 4.81. The first kappa shape index (κ1) is 15.8. The van der Waals surface area contributed by atoms with Crippen LogP contribution in [0.25, 0.3) is 0 Å². The summed E-state index contributed by atoms with van der Waals surface area (Å²) < 4.78 is 0. The number of rotatable bonds is 5. The van der Waals surface area contributed by atoms with Gasteiger partial charge in [0, 0.05) is 24.2 Å². The zero-order valence-electron chi connectivity index (χ0n) is 12.4. The van der Waals surface area contributed by atoms with E-state index in [9.17, 15) is 5.11 Å². The first-order chi connectivity index (χ1) is 9.50. The molecule has 0 amide bonds. The number of piperidine rings is 1. The van der Waals surface area contributed by atoms with Gasteiger partial charge in [-0.15, -0.1) is 0 Å². The number of aliphatic hydroxyl groups is 1. The van der Waals surface area contributed by atoms with E-state index in [-0.39, 0.29) is 0 Å². The third-order valence-corrected chi connectivity index (χ3v) is 4.36. The number of benzene rings is 1. The maximum Gasteiger partial charge on any atom is 0.0746 e. The largest absolute Gasteiger partial charge is 0.389 e. The van der Waals surface area contributed by atoms with Crippen molar-refractivity contribution in [2.75, 3.05) is 26.7 Å². The topological polar surface area (TPSA) is 35.5 Å². The lowest BCUT2D eigenvalue weighted by molar-refractivity contribution is -0.0163. The summed E-state index contributed by atoms with van der Waals surface area (Å²) in [6.07, 6.45) is 3.03. The lowest BCUT2D eigenvalue weighted by Crippen LogP contribution is -2.46. The van der Waals surface area contributed by atoms with Crippen LogP contribution in [0.5, 0.6) is 0 Å². The van der Waals surface area contributed by atoms with E-state index in [4.69, 9.17) is 11.6 Å².